The van der Waals surface area contributed by atoms with Crippen LogP contribution in [0.2, 0.25) is 0 Å². The van der Waals surface area contributed by atoms with E-state index in [2.05, 4.69) is 207 Å². The van der Waals surface area contributed by atoms with Gasteiger partial charge in [-0.25, -0.2) is 0 Å². The first-order chi connectivity index (χ1) is 27.6. The molecule has 57 heavy (non-hydrogen) atoms. The fraction of sp³-hybridized carbons (Fsp3) is 0.412. The molecule has 0 spiro atoms. The van der Waals surface area contributed by atoms with Crippen molar-refractivity contribution in [3.05, 3.63) is 166 Å². The van der Waals surface area contributed by atoms with Crippen molar-refractivity contribution in [1.29, 1.82) is 0 Å². The summed E-state index contributed by atoms with van der Waals surface area (Å²) in [5, 5.41) is 7.27. The number of aromatic amines is 1. The van der Waals surface area contributed by atoms with Crippen LogP contribution < -0.4 is 5.32 Å². The lowest BCUT2D eigenvalue weighted by atomic mass is 9.62. The van der Waals surface area contributed by atoms with Gasteiger partial charge in [0.1, 0.15) is 0 Å². The summed E-state index contributed by atoms with van der Waals surface area (Å²) in [6.45, 7) is 4.34. The number of benzene rings is 4. The number of likely N-dealkylation sites (N-methyl/N-ethyl adjacent to an activating group) is 1. The van der Waals surface area contributed by atoms with Crippen molar-refractivity contribution in [1.82, 2.24) is 25.0 Å². The lowest BCUT2D eigenvalue weighted by Gasteiger charge is -2.51. The highest BCUT2D eigenvalue weighted by molar-refractivity contribution is 7.10. The van der Waals surface area contributed by atoms with Gasteiger partial charge in [0.05, 0.1) is 11.1 Å². The van der Waals surface area contributed by atoms with Crippen molar-refractivity contribution >= 4 is 22.2 Å². The number of nitrogens with zero attached hydrogens (tertiary/aromatic N) is 3. The Bertz CT molecular complexity index is 2120. The van der Waals surface area contributed by atoms with E-state index >= 15 is 0 Å². The molecule has 0 unspecified atom stereocenters. The predicted molar refractivity (Wildman–Crippen MR) is 243 cm³/mol. The number of hydrogen-bond acceptors (Lipinski definition) is 5. The predicted octanol–water partition coefficient (Wildman–Crippen LogP) is 11.1. The van der Waals surface area contributed by atoms with Crippen LogP contribution in [0.4, 0.5) is 0 Å². The highest BCUT2D eigenvalue weighted by atomic mass is 32.1. The molecule has 2 N–H and O–H groups in total. The molecule has 6 heteroatoms. The third kappa shape index (κ3) is 8.17. The molecule has 2 aromatic heterocycles. The highest BCUT2D eigenvalue weighted by Gasteiger charge is 2.48. The number of nitrogens with one attached hydrogen (secondary N) is 2. The molecule has 0 aliphatic heterocycles. The first kappa shape index (κ1) is 41.1. The van der Waals surface area contributed by atoms with Crippen LogP contribution in [0.1, 0.15) is 84.2 Å². The van der Waals surface area contributed by atoms with E-state index < -0.39 is 0 Å². The van der Waals surface area contributed by atoms with Gasteiger partial charge in [-0.2, -0.15) is 0 Å². The van der Waals surface area contributed by atoms with Gasteiger partial charge < -0.3 is 15.2 Å². The Morgan fingerprint density at radius 2 is 1.14 bits per heavy atom. The maximum atomic E-state index is 3.74. The van der Waals surface area contributed by atoms with Crippen molar-refractivity contribution in [2.45, 2.75) is 86.9 Å². The minimum atomic E-state index is 0.0277. The fourth-order valence-corrected chi connectivity index (χ4v) is 11.7. The van der Waals surface area contributed by atoms with Gasteiger partial charge in [-0.15, -0.1) is 11.3 Å². The zero-order valence-corrected chi connectivity index (χ0v) is 36.3. The molecule has 0 amide bonds. The Labute approximate surface area is 347 Å². The second-order valence-electron chi connectivity index (χ2n) is 17.5. The number of para-hydroxylation sites is 1. The summed E-state index contributed by atoms with van der Waals surface area (Å²) in [5.74, 6) is 0. The van der Waals surface area contributed by atoms with E-state index in [1.807, 2.05) is 11.3 Å². The third-order valence-electron chi connectivity index (χ3n) is 14.1. The van der Waals surface area contributed by atoms with Crippen LogP contribution in [-0.2, 0) is 28.6 Å². The van der Waals surface area contributed by atoms with Crippen molar-refractivity contribution in [3.8, 4) is 0 Å². The zero-order chi connectivity index (χ0) is 40.1. The number of H-pyrrole nitrogens is 1. The summed E-state index contributed by atoms with van der Waals surface area (Å²) >= 11 is 1.90. The largest absolute Gasteiger partial charge is 0.357 e. The summed E-state index contributed by atoms with van der Waals surface area (Å²) in [6, 6.07) is 46.4. The van der Waals surface area contributed by atoms with Crippen molar-refractivity contribution < 1.29 is 0 Å². The molecule has 2 aliphatic carbocycles. The van der Waals surface area contributed by atoms with Crippen LogP contribution in [0.3, 0.4) is 0 Å². The lowest BCUT2D eigenvalue weighted by molar-refractivity contribution is 0.0522. The molecule has 4 aromatic carbocycles. The van der Waals surface area contributed by atoms with Crippen molar-refractivity contribution in [3.63, 3.8) is 0 Å². The van der Waals surface area contributed by atoms with E-state index in [-0.39, 0.29) is 22.0 Å². The monoisotopic (exact) mass is 779 g/mol. The number of rotatable bonds is 11. The van der Waals surface area contributed by atoms with Gasteiger partial charge in [-0.1, -0.05) is 115 Å². The first-order valence-electron chi connectivity index (χ1n) is 21.1. The number of thiophene rings is 1. The lowest BCUT2D eigenvalue weighted by Crippen LogP contribution is -2.52. The first-order valence-corrected chi connectivity index (χ1v) is 21.9. The van der Waals surface area contributed by atoms with Crippen LogP contribution in [0.5, 0.6) is 0 Å². The van der Waals surface area contributed by atoms with Crippen molar-refractivity contribution in [2.75, 3.05) is 48.8 Å². The molecule has 2 fully saturated rings. The minimum Gasteiger partial charge on any atom is -0.357 e. The molecule has 5 nitrogen and oxygen atoms in total. The van der Waals surface area contributed by atoms with Crippen LogP contribution in [0.25, 0.3) is 10.9 Å². The van der Waals surface area contributed by atoms with Crippen LogP contribution in [0, 0.1) is 6.92 Å². The molecule has 2 saturated carbocycles. The molecule has 0 atom stereocenters. The number of aryl methyl sites for hydroxylation is 1. The maximum absolute atomic E-state index is 3.74. The van der Waals surface area contributed by atoms with Crippen LogP contribution >= 0.6 is 11.3 Å². The number of hydrogen-bond donors (Lipinski definition) is 2. The van der Waals surface area contributed by atoms with Gasteiger partial charge >= 0.3 is 0 Å². The molecule has 0 radical (unpaired) electrons. The topological polar surface area (TPSA) is 37.5 Å². The molecular weight excluding hydrogens is 715 g/mol. The zero-order valence-electron chi connectivity index (χ0n) is 35.5. The summed E-state index contributed by atoms with van der Waals surface area (Å²) in [7, 11) is 13.4. The summed E-state index contributed by atoms with van der Waals surface area (Å²) in [6.07, 6.45) is 9.34. The van der Waals surface area contributed by atoms with E-state index in [0.717, 1.165) is 38.8 Å². The average Bonchev–Trinajstić information content (AvgIpc) is 3.92. The Kier molecular flexibility index (Phi) is 12.6. The van der Waals surface area contributed by atoms with Crippen molar-refractivity contribution in [2.24, 2.45) is 0 Å². The van der Waals surface area contributed by atoms with E-state index in [0.29, 0.717) is 0 Å². The Morgan fingerprint density at radius 3 is 1.68 bits per heavy atom. The molecule has 2 aliphatic rings. The number of aromatic nitrogens is 1. The SMILES string of the molecule is CN(Cc1ccccc1)CC1(c2ccccc2)CCC(c2ccccc2)(N(C)C)CC1.CNC1(c2[nH]c3ccccc3c2C)CCC(c2cccs2)(N(C)C)CC1. The molecule has 2 heterocycles. The molecule has 0 bridgehead atoms. The van der Waals surface area contributed by atoms with Crippen LogP contribution in [0.15, 0.2) is 133 Å². The van der Waals surface area contributed by atoms with E-state index in [1.54, 1.807) is 0 Å². The van der Waals surface area contributed by atoms with Gasteiger partial charge in [0, 0.05) is 45.5 Å². The Morgan fingerprint density at radius 1 is 0.596 bits per heavy atom. The Balaban J connectivity index is 0.000000177. The van der Waals surface area contributed by atoms with E-state index in [9.17, 15) is 0 Å². The maximum Gasteiger partial charge on any atom is 0.0588 e. The summed E-state index contributed by atoms with van der Waals surface area (Å²) < 4.78 is 0. The standard InChI is InChI=1S/C29H36N2.C22H29N3S/c1-30(2)29(27-17-11-6-12-18-27)21-19-28(20-22-29,26-15-9-5-10-16-26)24-31(3)23-25-13-7-4-8-14-25;1-16-17-8-5-6-9-18(17)24-20(16)21(23-2)11-13-22(14-12-21,25(3)4)19-10-7-15-26-19/h4-18H,19-24H2,1-3H3;5-10,15,23-24H,11-14H2,1-4H3. The summed E-state index contributed by atoms with van der Waals surface area (Å²) in [4.78, 5) is 12.7. The van der Waals surface area contributed by atoms with E-state index in [1.165, 1.54) is 69.4 Å². The average molecular weight is 780 g/mol. The summed E-state index contributed by atoms with van der Waals surface area (Å²) in [5.41, 5.74) is 8.86. The second-order valence-corrected chi connectivity index (χ2v) is 18.4. The molecule has 6 aromatic rings. The van der Waals surface area contributed by atoms with Gasteiger partial charge in [-0.3, -0.25) is 9.80 Å². The van der Waals surface area contributed by atoms with Gasteiger partial charge in [0.15, 0.2) is 0 Å². The molecule has 8 rings (SSSR count). The quantitative estimate of drug-likeness (QED) is 0.137. The van der Waals surface area contributed by atoms with E-state index in [4.69, 9.17) is 0 Å². The van der Waals surface area contributed by atoms with Gasteiger partial charge in [0.2, 0.25) is 0 Å². The molecular formula is C51H65N5S. The highest BCUT2D eigenvalue weighted by Crippen LogP contribution is 2.51. The number of fused-ring (bicyclic) bond motifs is 1. The third-order valence-corrected chi connectivity index (χ3v) is 15.2. The minimum absolute atomic E-state index is 0.0277. The smallest absolute Gasteiger partial charge is 0.0588 e. The molecule has 0 saturated heterocycles. The Hall–Kier alpha value is -4.04. The van der Waals surface area contributed by atoms with Gasteiger partial charge in [-0.05, 0) is 140 Å². The molecule has 300 valence electrons. The van der Waals surface area contributed by atoms with Crippen LogP contribution in [-0.4, -0.2) is 68.5 Å². The normalized spacial score (nSPS) is 25.2. The van der Waals surface area contributed by atoms with Gasteiger partial charge in [0.25, 0.3) is 0 Å². The second kappa shape index (κ2) is 17.4. The fourth-order valence-electron chi connectivity index (χ4n) is 10.6.